The molecule has 0 rings (SSSR count). The summed E-state index contributed by atoms with van der Waals surface area (Å²) in [6, 6.07) is 0. The van der Waals surface area contributed by atoms with E-state index in [-0.39, 0.29) is 77.3 Å². The second-order valence-electron chi connectivity index (χ2n) is 0.671. The van der Waals surface area contributed by atoms with Gasteiger partial charge in [-0.15, -0.1) is 0 Å². The van der Waals surface area contributed by atoms with E-state index in [2.05, 4.69) is 0 Å². The predicted molar refractivity (Wildman–Crippen MR) is 31.1 cm³/mol. The predicted octanol–water partition coefficient (Wildman–Crippen LogP) is -0.717. The van der Waals surface area contributed by atoms with Gasteiger partial charge in [0.2, 0.25) is 0 Å². The molecular formula is CeLaN3O9. The molecule has 12 nitrogen and oxygen atoms in total. The van der Waals surface area contributed by atoms with Crippen LogP contribution in [-0.4, -0.2) is 15.3 Å². The Balaban J connectivity index is -0.0000000270. The first-order chi connectivity index (χ1) is 5.20. The molecule has 0 saturated carbocycles. The summed E-state index contributed by atoms with van der Waals surface area (Å²) in [5.41, 5.74) is 0. The summed E-state index contributed by atoms with van der Waals surface area (Å²) in [6.07, 6.45) is 0. The van der Waals surface area contributed by atoms with Crippen LogP contribution in [0.5, 0.6) is 0 Å². The number of hydrogen-bond donors (Lipinski definition) is 0. The van der Waals surface area contributed by atoms with Gasteiger partial charge in [0.15, 0.2) is 0 Å². The first-order valence-electron chi connectivity index (χ1n) is 1.64. The molecule has 0 aromatic rings. The monoisotopic (exact) mass is 465 g/mol. The van der Waals surface area contributed by atoms with E-state index in [1.165, 1.54) is 0 Å². The van der Waals surface area contributed by atoms with Crippen molar-refractivity contribution in [1.82, 2.24) is 0 Å². The summed E-state index contributed by atoms with van der Waals surface area (Å²) in [4.78, 5) is 24.8. The van der Waals surface area contributed by atoms with Gasteiger partial charge in [-0.2, -0.15) is 0 Å². The van der Waals surface area contributed by atoms with Gasteiger partial charge in [0.25, 0.3) is 0 Å². The summed E-state index contributed by atoms with van der Waals surface area (Å²) in [6.45, 7) is 0. The molecule has 0 fully saturated rings. The Kier molecular flexibility index (Phi) is 48.4. The molecule has 2 radical (unpaired) electrons. The quantitative estimate of drug-likeness (QED) is 0.327. The zero-order valence-corrected chi connectivity index (χ0v) is 12.9. The van der Waals surface area contributed by atoms with Gasteiger partial charge in [0.05, 0.1) is 15.3 Å². The van der Waals surface area contributed by atoms with Gasteiger partial charge in [0, 0.05) is 35.6 Å². The van der Waals surface area contributed by atoms with Crippen molar-refractivity contribution in [3.05, 3.63) is 46.0 Å². The van der Waals surface area contributed by atoms with E-state index in [4.69, 9.17) is 46.0 Å². The third-order valence-corrected chi connectivity index (χ3v) is 0. The molecule has 0 aliphatic heterocycles. The SMILES string of the molecule is O=[N+]([O-])[O-].O=[N+]([O-])[O-].O=[N+]([O-])[O-].[Ce+3].[La]. The van der Waals surface area contributed by atoms with Crippen molar-refractivity contribution < 1.29 is 92.6 Å². The van der Waals surface area contributed by atoms with Crippen LogP contribution in [0.25, 0.3) is 0 Å². The van der Waals surface area contributed by atoms with Gasteiger partial charge in [-0.1, -0.05) is 0 Å². The molecule has 0 atom stereocenters. The van der Waals surface area contributed by atoms with Crippen LogP contribution in [0, 0.1) is 123 Å². The standard InChI is InChI=1S/Ce.La.3NO3/c;;3*2-1(3)4/q+3;;3*-1. The zero-order valence-electron chi connectivity index (χ0n) is 6.09. The van der Waals surface area contributed by atoms with Crippen LogP contribution in [0.3, 0.4) is 0 Å². The van der Waals surface area contributed by atoms with E-state index in [1.54, 1.807) is 0 Å². The van der Waals surface area contributed by atoms with Crippen LogP contribution in [0.1, 0.15) is 0 Å². The first-order valence-corrected chi connectivity index (χ1v) is 1.64. The molecule has 0 unspecified atom stereocenters. The van der Waals surface area contributed by atoms with E-state index < -0.39 is 15.3 Å². The minimum Gasteiger partial charge on any atom is -0.356 e. The second-order valence-corrected chi connectivity index (χ2v) is 0.671. The molecule has 0 bridgehead atoms. The molecular weight excluding hydrogens is 465 g/mol. The Bertz CT molecular complexity index is 118. The van der Waals surface area contributed by atoms with Gasteiger partial charge in [-0.3, -0.25) is 0 Å². The fourth-order valence-corrected chi connectivity index (χ4v) is 0. The van der Waals surface area contributed by atoms with Crippen molar-refractivity contribution in [2.75, 3.05) is 0 Å². The molecule has 0 aliphatic rings. The van der Waals surface area contributed by atoms with E-state index >= 15 is 0 Å². The fraction of sp³-hybridized carbons (Fsp3) is 0. The topological polar surface area (TPSA) is 199 Å². The van der Waals surface area contributed by atoms with E-state index in [9.17, 15) is 0 Å². The third-order valence-electron chi connectivity index (χ3n) is 0. The Morgan fingerprint density at radius 3 is 0.571 bits per heavy atom. The van der Waals surface area contributed by atoms with E-state index in [1.807, 2.05) is 0 Å². The second kappa shape index (κ2) is 23.2. The third kappa shape index (κ3) is 51700. The van der Waals surface area contributed by atoms with Crippen LogP contribution in [-0.2, 0) is 0 Å². The van der Waals surface area contributed by atoms with E-state index in [0.29, 0.717) is 0 Å². The van der Waals surface area contributed by atoms with Crippen molar-refractivity contribution in [1.29, 1.82) is 0 Å². The Morgan fingerprint density at radius 2 is 0.571 bits per heavy atom. The molecule has 0 heterocycles. The van der Waals surface area contributed by atoms with Gasteiger partial charge in [0.1, 0.15) is 0 Å². The van der Waals surface area contributed by atoms with Crippen molar-refractivity contribution in [2.45, 2.75) is 0 Å². The molecule has 14 heteroatoms. The Labute approximate surface area is 137 Å². The maximum atomic E-state index is 8.25. The molecule has 0 N–H and O–H groups in total. The molecule has 0 aromatic carbocycles. The van der Waals surface area contributed by atoms with Crippen LogP contribution >= 0.6 is 0 Å². The minimum absolute atomic E-state index is 0. The Hall–Kier alpha value is 0.171. The molecule has 0 spiro atoms. The van der Waals surface area contributed by atoms with Crippen LogP contribution in [0.2, 0.25) is 0 Å². The zero-order chi connectivity index (χ0) is 10.7. The van der Waals surface area contributed by atoms with Gasteiger partial charge in [-0.25, -0.2) is 0 Å². The van der Waals surface area contributed by atoms with Gasteiger partial charge >= 0.3 is 41.7 Å². The molecule has 14 heavy (non-hydrogen) atoms. The average molecular weight is 465 g/mol. The van der Waals surface area contributed by atoms with Gasteiger partial charge in [-0.05, 0) is 0 Å². The molecule has 0 aliphatic carbocycles. The van der Waals surface area contributed by atoms with Crippen molar-refractivity contribution in [2.24, 2.45) is 0 Å². The number of hydrogen-bond acceptors (Lipinski definition) is 9. The number of rotatable bonds is 0. The van der Waals surface area contributed by atoms with Crippen LogP contribution < -0.4 is 0 Å². The fourth-order valence-electron chi connectivity index (χ4n) is 0. The molecule has 76 valence electrons. The largest absolute Gasteiger partial charge is 3.00 e. The first kappa shape index (κ1) is 29.2. The van der Waals surface area contributed by atoms with Crippen molar-refractivity contribution >= 4 is 0 Å². The summed E-state index contributed by atoms with van der Waals surface area (Å²) in [5, 5.41) is 44.2. The maximum absolute atomic E-state index is 8.25. The van der Waals surface area contributed by atoms with Gasteiger partial charge < -0.3 is 46.0 Å². The normalized spacial score (nSPS) is 5.14. The van der Waals surface area contributed by atoms with Crippen LogP contribution in [0.15, 0.2) is 0 Å². The molecule has 0 saturated heterocycles. The minimum atomic E-state index is -1.75. The molecule has 0 amide bonds. The smallest absolute Gasteiger partial charge is 0.356 e. The maximum Gasteiger partial charge on any atom is 3.00 e. The molecule has 0 aromatic heterocycles. The summed E-state index contributed by atoms with van der Waals surface area (Å²) in [5.74, 6) is 0. The Morgan fingerprint density at radius 1 is 0.571 bits per heavy atom. The van der Waals surface area contributed by atoms with E-state index in [0.717, 1.165) is 0 Å². The van der Waals surface area contributed by atoms with Crippen molar-refractivity contribution in [3.63, 3.8) is 0 Å². The summed E-state index contributed by atoms with van der Waals surface area (Å²) >= 11 is 0. The van der Waals surface area contributed by atoms with Crippen molar-refractivity contribution in [3.8, 4) is 0 Å². The summed E-state index contributed by atoms with van der Waals surface area (Å²) in [7, 11) is 0. The number of nitrogens with zero attached hydrogens (tertiary/aromatic N) is 3. The summed E-state index contributed by atoms with van der Waals surface area (Å²) < 4.78 is 0. The van der Waals surface area contributed by atoms with Crippen LogP contribution in [0.4, 0.5) is 0 Å². The average Bonchev–Trinajstić information content (AvgIpc) is 1.54.